The van der Waals surface area contributed by atoms with Crippen molar-refractivity contribution < 1.29 is 4.74 Å². The summed E-state index contributed by atoms with van der Waals surface area (Å²) in [6, 6.07) is 8.20. The molecule has 1 aromatic carbocycles. The van der Waals surface area contributed by atoms with Crippen LogP contribution in [0.25, 0.3) is 0 Å². The molecule has 1 rings (SSSR count). The third-order valence-corrected chi connectivity index (χ3v) is 2.94. The van der Waals surface area contributed by atoms with Crippen LogP contribution in [0.2, 0.25) is 0 Å². The Morgan fingerprint density at radius 2 is 2.00 bits per heavy atom. The Hall–Kier alpha value is -0.700. The lowest BCUT2D eigenvalue weighted by Crippen LogP contribution is -2.08. The fourth-order valence-electron chi connectivity index (χ4n) is 1.41. The summed E-state index contributed by atoms with van der Waals surface area (Å²) in [7, 11) is 4.07. The molecule has 0 bridgehead atoms. The van der Waals surface area contributed by atoms with Gasteiger partial charge in [-0.15, -0.1) is 0 Å². The Kier molecular flexibility index (Phi) is 6.31. The molecule has 0 atom stereocenters. The highest BCUT2D eigenvalue weighted by molar-refractivity contribution is 9.09. The van der Waals surface area contributed by atoms with Crippen LogP contribution in [0.5, 0.6) is 5.75 Å². The number of alkyl halides is 1. The van der Waals surface area contributed by atoms with Gasteiger partial charge in [0.1, 0.15) is 5.75 Å². The maximum atomic E-state index is 5.70. The molecule has 3 heteroatoms. The molecular formula is C13H20BrNO. The minimum atomic E-state index is 0.809. The van der Waals surface area contributed by atoms with Crippen molar-refractivity contribution in [3.05, 3.63) is 24.3 Å². The predicted octanol–water partition coefficient (Wildman–Crippen LogP) is 3.70. The molecule has 0 N–H and O–H groups in total. The summed E-state index contributed by atoms with van der Waals surface area (Å²) in [5.41, 5.74) is 1.18. The predicted molar refractivity (Wildman–Crippen MR) is 73.9 cm³/mol. The van der Waals surface area contributed by atoms with Gasteiger partial charge in [0.05, 0.1) is 6.61 Å². The van der Waals surface area contributed by atoms with Gasteiger partial charge in [-0.2, -0.15) is 0 Å². The van der Waals surface area contributed by atoms with Crippen molar-refractivity contribution in [1.82, 2.24) is 0 Å². The van der Waals surface area contributed by atoms with E-state index in [1.807, 2.05) is 26.2 Å². The number of hydrogen-bond acceptors (Lipinski definition) is 2. The number of hydrogen-bond donors (Lipinski definition) is 0. The highest BCUT2D eigenvalue weighted by Crippen LogP contribution is 2.19. The normalized spacial score (nSPS) is 10.2. The summed E-state index contributed by atoms with van der Waals surface area (Å²) in [5, 5.41) is 1.09. The standard InChI is InChI=1S/C13H20BrNO/c1-15(2)12-7-6-8-13(11-12)16-10-5-3-4-9-14/h6-8,11H,3-5,9-10H2,1-2H3. The van der Waals surface area contributed by atoms with E-state index in [0.717, 1.165) is 24.1 Å². The van der Waals surface area contributed by atoms with Gasteiger partial charge in [-0.3, -0.25) is 0 Å². The van der Waals surface area contributed by atoms with Crippen LogP contribution < -0.4 is 9.64 Å². The summed E-state index contributed by atoms with van der Waals surface area (Å²) >= 11 is 3.43. The summed E-state index contributed by atoms with van der Waals surface area (Å²) in [6.45, 7) is 0.809. The SMILES string of the molecule is CN(C)c1cccc(OCCCCCBr)c1. The third-order valence-electron chi connectivity index (χ3n) is 2.38. The van der Waals surface area contributed by atoms with E-state index in [4.69, 9.17) is 4.74 Å². The second-order valence-corrected chi connectivity index (χ2v) is 4.78. The van der Waals surface area contributed by atoms with E-state index in [1.54, 1.807) is 0 Å². The molecule has 0 aliphatic heterocycles. The second-order valence-electron chi connectivity index (χ2n) is 3.99. The van der Waals surface area contributed by atoms with E-state index < -0.39 is 0 Å². The molecule has 90 valence electrons. The van der Waals surface area contributed by atoms with Crippen molar-refractivity contribution in [3.63, 3.8) is 0 Å². The number of rotatable bonds is 7. The first-order valence-electron chi connectivity index (χ1n) is 5.70. The van der Waals surface area contributed by atoms with Gasteiger partial charge in [-0.05, 0) is 31.4 Å². The second kappa shape index (κ2) is 7.55. The van der Waals surface area contributed by atoms with E-state index in [9.17, 15) is 0 Å². The van der Waals surface area contributed by atoms with Crippen LogP contribution in [0.4, 0.5) is 5.69 Å². The van der Waals surface area contributed by atoms with Crippen LogP contribution in [-0.2, 0) is 0 Å². The topological polar surface area (TPSA) is 12.5 Å². The van der Waals surface area contributed by atoms with Crippen molar-refractivity contribution >= 4 is 21.6 Å². The molecule has 0 unspecified atom stereocenters. The minimum Gasteiger partial charge on any atom is -0.494 e. The molecule has 0 saturated carbocycles. The van der Waals surface area contributed by atoms with Gasteiger partial charge in [0.2, 0.25) is 0 Å². The Labute approximate surface area is 107 Å². The van der Waals surface area contributed by atoms with Crippen molar-refractivity contribution in [1.29, 1.82) is 0 Å². The zero-order chi connectivity index (χ0) is 11.8. The zero-order valence-electron chi connectivity index (χ0n) is 10.1. The smallest absolute Gasteiger partial charge is 0.121 e. The Bertz CT molecular complexity index is 302. The van der Waals surface area contributed by atoms with Crippen LogP contribution in [0.15, 0.2) is 24.3 Å². The summed E-state index contributed by atoms with van der Waals surface area (Å²) < 4.78 is 5.70. The van der Waals surface area contributed by atoms with Gasteiger partial charge < -0.3 is 9.64 Å². The first-order valence-corrected chi connectivity index (χ1v) is 6.82. The van der Waals surface area contributed by atoms with Crippen LogP contribution in [0, 0.1) is 0 Å². The van der Waals surface area contributed by atoms with Crippen molar-refractivity contribution in [2.75, 3.05) is 30.9 Å². The molecule has 0 amide bonds. The van der Waals surface area contributed by atoms with E-state index in [0.29, 0.717) is 0 Å². The average Bonchev–Trinajstić information content (AvgIpc) is 2.29. The highest BCUT2D eigenvalue weighted by Gasteiger charge is 1.98. The summed E-state index contributed by atoms with van der Waals surface area (Å²) in [6.07, 6.45) is 3.57. The van der Waals surface area contributed by atoms with Crippen molar-refractivity contribution in [2.24, 2.45) is 0 Å². The van der Waals surface area contributed by atoms with Gasteiger partial charge >= 0.3 is 0 Å². The maximum Gasteiger partial charge on any atom is 0.121 e. The number of anilines is 1. The monoisotopic (exact) mass is 285 g/mol. The fourth-order valence-corrected chi connectivity index (χ4v) is 1.81. The first kappa shape index (κ1) is 13.4. The van der Waals surface area contributed by atoms with E-state index >= 15 is 0 Å². The lowest BCUT2D eigenvalue weighted by Gasteiger charge is -2.14. The van der Waals surface area contributed by atoms with Gasteiger partial charge in [0, 0.05) is 31.2 Å². The van der Waals surface area contributed by atoms with E-state index in [-0.39, 0.29) is 0 Å². The molecule has 2 nitrogen and oxygen atoms in total. The molecule has 0 radical (unpaired) electrons. The number of unbranched alkanes of at least 4 members (excludes halogenated alkanes) is 2. The van der Waals surface area contributed by atoms with Gasteiger partial charge in [0.25, 0.3) is 0 Å². The quantitative estimate of drug-likeness (QED) is 0.560. The molecule has 0 aromatic heterocycles. The number of halogens is 1. The van der Waals surface area contributed by atoms with E-state index in [2.05, 4.69) is 33.0 Å². The molecule has 0 aliphatic rings. The van der Waals surface area contributed by atoms with Crippen LogP contribution in [0.1, 0.15) is 19.3 Å². The Balaban J connectivity index is 2.33. The van der Waals surface area contributed by atoms with Gasteiger partial charge in [-0.25, -0.2) is 0 Å². The third kappa shape index (κ3) is 4.88. The van der Waals surface area contributed by atoms with Gasteiger partial charge in [-0.1, -0.05) is 22.0 Å². The Morgan fingerprint density at radius 3 is 2.69 bits per heavy atom. The lowest BCUT2D eigenvalue weighted by atomic mass is 10.2. The number of nitrogens with zero attached hydrogens (tertiary/aromatic N) is 1. The minimum absolute atomic E-state index is 0.809. The molecular weight excluding hydrogens is 266 g/mol. The zero-order valence-corrected chi connectivity index (χ0v) is 11.7. The molecule has 16 heavy (non-hydrogen) atoms. The molecule has 0 heterocycles. The summed E-state index contributed by atoms with van der Waals surface area (Å²) in [4.78, 5) is 2.08. The van der Waals surface area contributed by atoms with Crippen LogP contribution >= 0.6 is 15.9 Å². The Morgan fingerprint density at radius 1 is 1.19 bits per heavy atom. The first-order chi connectivity index (χ1) is 7.74. The van der Waals surface area contributed by atoms with Gasteiger partial charge in [0.15, 0.2) is 0 Å². The highest BCUT2D eigenvalue weighted by atomic mass is 79.9. The van der Waals surface area contributed by atoms with Crippen molar-refractivity contribution in [2.45, 2.75) is 19.3 Å². The van der Waals surface area contributed by atoms with Crippen LogP contribution in [0.3, 0.4) is 0 Å². The average molecular weight is 286 g/mol. The molecule has 0 saturated heterocycles. The fraction of sp³-hybridized carbons (Fsp3) is 0.538. The molecule has 1 aromatic rings. The van der Waals surface area contributed by atoms with Crippen molar-refractivity contribution in [3.8, 4) is 5.75 Å². The number of ether oxygens (including phenoxy) is 1. The molecule has 0 spiro atoms. The summed E-state index contributed by atoms with van der Waals surface area (Å²) in [5.74, 6) is 0.963. The molecule has 0 aliphatic carbocycles. The molecule has 0 fully saturated rings. The van der Waals surface area contributed by atoms with E-state index in [1.165, 1.54) is 18.5 Å². The lowest BCUT2D eigenvalue weighted by molar-refractivity contribution is 0.306. The maximum absolute atomic E-state index is 5.70. The van der Waals surface area contributed by atoms with Crippen LogP contribution in [-0.4, -0.2) is 26.0 Å². The number of benzene rings is 1. The largest absolute Gasteiger partial charge is 0.494 e.